The molecule has 2 nitrogen and oxygen atoms in total. The highest BCUT2D eigenvalue weighted by Gasteiger charge is 2.26. The average molecular weight is 330 g/mol. The first-order valence-electron chi connectivity index (χ1n) is 6.80. The summed E-state index contributed by atoms with van der Waals surface area (Å²) in [6, 6.07) is 15.8. The number of fused-ring (bicyclic) bond motifs is 1. The van der Waals surface area contributed by atoms with Gasteiger partial charge < -0.3 is 4.90 Å². The summed E-state index contributed by atoms with van der Waals surface area (Å²) >= 11 is 3.43. The fourth-order valence-corrected chi connectivity index (χ4v) is 3.17. The van der Waals surface area contributed by atoms with Crippen LogP contribution in [0.3, 0.4) is 0 Å². The Bertz CT molecular complexity index is 653. The van der Waals surface area contributed by atoms with Crippen molar-refractivity contribution < 1.29 is 4.79 Å². The number of para-hydroxylation sites is 1. The SMILES string of the molecule is CC1Cc2ccccc2N(C(=O)c2cccc(Br)c2)C1. The minimum absolute atomic E-state index is 0.0744. The summed E-state index contributed by atoms with van der Waals surface area (Å²) in [4.78, 5) is 14.7. The van der Waals surface area contributed by atoms with Gasteiger partial charge in [-0.2, -0.15) is 0 Å². The number of nitrogens with zero attached hydrogens (tertiary/aromatic N) is 1. The summed E-state index contributed by atoms with van der Waals surface area (Å²) in [5, 5.41) is 0. The normalized spacial score (nSPS) is 17.7. The molecule has 1 aliphatic rings. The number of benzene rings is 2. The van der Waals surface area contributed by atoms with E-state index in [1.54, 1.807) is 0 Å². The van der Waals surface area contributed by atoms with Gasteiger partial charge >= 0.3 is 0 Å². The molecule has 1 heterocycles. The van der Waals surface area contributed by atoms with Gasteiger partial charge in [-0.3, -0.25) is 4.79 Å². The highest BCUT2D eigenvalue weighted by atomic mass is 79.9. The number of amides is 1. The molecule has 0 saturated heterocycles. The first-order chi connectivity index (χ1) is 9.65. The second kappa shape index (κ2) is 5.41. The Labute approximate surface area is 127 Å². The standard InChI is InChI=1S/C17H16BrNO/c1-12-9-13-5-2-3-8-16(13)19(11-12)17(20)14-6-4-7-15(18)10-14/h2-8,10,12H,9,11H2,1H3. The average Bonchev–Trinajstić information content (AvgIpc) is 2.45. The maximum Gasteiger partial charge on any atom is 0.258 e. The van der Waals surface area contributed by atoms with Gasteiger partial charge in [-0.1, -0.05) is 47.1 Å². The zero-order chi connectivity index (χ0) is 14.1. The second-order valence-corrected chi connectivity index (χ2v) is 6.28. The van der Waals surface area contributed by atoms with E-state index in [2.05, 4.69) is 28.9 Å². The Balaban J connectivity index is 2.00. The fraction of sp³-hybridized carbons (Fsp3) is 0.235. The Morgan fingerprint density at radius 2 is 2.00 bits per heavy atom. The predicted molar refractivity (Wildman–Crippen MR) is 85.1 cm³/mol. The number of carbonyl (C=O) groups excluding carboxylic acids is 1. The molecule has 0 aliphatic carbocycles. The van der Waals surface area contributed by atoms with Crippen LogP contribution < -0.4 is 4.90 Å². The molecule has 0 aromatic heterocycles. The van der Waals surface area contributed by atoms with E-state index >= 15 is 0 Å². The minimum Gasteiger partial charge on any atom is -0.308 e. The van der Waals surface area contributed by atoms with Crippen molar-refractivity contribution in [2.75, 3.05) is 11.4 Å². The molecule has 1 atom stereocenters. The van der Waals surface area contributed by atoms with Crippen molar-refractivity contribution in [2.24, 2.45) is 5.92 Å². The van der Waals surface area contributed by atoms with Gasteiger partial charge in [0.05, 0.1) is 0 Å². The number of halogens is 1. The third-order valence-corrected chi connectivity index (χ3v) is 4.16. The van der Waals surface area contributed by atoms with Gasteiger partial charge in [0.25, 0.3) is 5.91 Å². The summed E-state index contributed by atoms with van der Waals surface area (Å²) in [7, 11) is 0. The third-order valence-electron chi connectivity index (χ3n) is 3.66. The van der Waals surface area contributed by atoms with Crippen molar-refractivity contribution in [1.29, 1.82) is 0 Å². The molecule has 0 bridgehead atoms. The topological polar surface area (TPSA) is 20.3 Å². The smallest absolute Gasteiger partial charge is 0.258 e. The lowest BCUT2D eigenvalue weighted by Gasteiger charge is -2.33. The van der Waals surface area contributed by atoms with E-state index in [9.17, 15) is 4.79 Å². The van der Waals surface area contributed by atoms with E-state index in [-0.39, 0.29) is 5.91 Å². The van der Waals surface area contributed by atoms with E-state index in [1.165, 1.54) is 5.56 Å². The molecule has 0 N–H and O–H groups in total. The highest BCUT2D eigenvalue weighted by molar-refractivity contribution is 9.10. The van der Waals surface area contributed by atoms with E-state index < -0.39 is 0 Å². The van der Waals surface area contributed by atoms with Crippen LogP contribution in [0, 0.1) is 5.92 Å². The first-order valence-corrected chi connectivity index (χ1v) is 7.60. The largest absolute Gasteiger partial charge is 0.308 e. The quantitative estimate of drug-likeness (QED) is 0.764. The van der Waals surface area contributed by atoms with Crippen LogP contribution in [-0.4, -0.2) is 12.5 Å². The number of hydrogen-bond donors (Lipinski definition) is 0. The molecule has 3 rings (SSSR count). The van der Waals surface area contributed by atoms with Crippen LogP contribution >= 0.6 is 15.9 Å². The van der Waals surface area contributed by atoms with Crippen LogP contribution in [0.5, 0.6) is 0 Å². The van der Waals surface area contributed by atoms with Gasteiger partial charge in [-0.15, -0.1) is 0 Å². The lowest BCUT2D eigenvalue weighted by atomic mass is 9.93. The summed E-state index contributed by atoms with van der Waals surface area (Å²) in [5.74, 6) is 0.561. The van der Waals surface area contributed by atoms with Crippen molar-refractivity contribution in [3.05, 3.63) is 64.1 Å². The van der Waals surface area contributed by atoms with Crippen LogP contribution in [0.25, 0.3) is 0 Å². The third kappa shape index (κ3) is 2.50. The lowest BCUT2D eigenvalue weighted by Crippen LogP contribution is -2.39. The number of carbonyl (C=O) groups is 1. The molecular weight excluding hydrogens is 314 g/mol. The van der Waals surface area contributed by atoms with E-state index in [0.29, 0.717) is 5.92 Å². The van der Waals surface area contributed by atoms with Gasteiger partial charge in [0, 0.05) is 22.3 Å². The van der Waals surface area contributed by atoms with Crippen molar-refractivity contribution in [3.63, 3.8) is 0 Å². The second-order valence-electron chi connectivity index (χ2n) is 5.36. The maximum absolute atomic E-state index is 12.8. The highest BCUT2D eigenvalue weighted by Crippen LogP contribution is 2.30. The van der Waals surface area contributed by atoms with Crippen molar-refractivity contribution in [3.8, 4) is 0 Å². The molecule has 102 valence electrons. The molecule has 3 heteroatoms. The predicted octanol–water partition coefficient (Wildman–Crippen LogP) is 4.29. The van der Waals surface area contributed by atoms with Gasteiger partial charge in [-0.25, -0.2) is 0 Å². The maximum atomic E-state index is 12.8. The molecule has 1 unspecified atom stereocenters. The lowest BCUT2D eigenvalue weighted by molar-refractivity contribution is 0.0981. The summed E-state index contributed by atoms with van der Waals surface area (Å²) in [6.45, 7) is 2.97. The van der Waals surface area contributed by atoms with E-state index in [1.807, 2.05) is 47.4 Å². The number of hydrogen-bond acceptors (Lipinski definition) is 1. The van der Waals surface area contributed by atoms with Gasteiger partial charge in [0.2, 0.25) is 0 Å². The minimum atomic E-state index is 0.0744. The van der Waals surface area contributed by atoms with Crippen LogP contribution in [0.1, 0.15) is 22.8 Å². The summed E-state index contributed by atoms with van der Waals surface area (Å²) in [6.07, 6.45) is 1.04. The molecule has 2 aromatic carbocycles. The van der Waals surface area contributed by atoms with Crippen LogP contribution in [0.4, 0.5) is 5.69 Å². The molecule has 20 heavy (non-hydrogen) atoms. The molecule has 0 saturated carbocycles. The van der Waals surface area contributed by atoms with Gasteiger partial charge in [-0.05, 0) is 42.2 Å². The summed E-state index contributed by atoms with van der Waals surface area (Å²) in [5.41, 5.74) is 3.04. The molecular formula is C17H16BrNO. The molecule has 0 fully saturated rings. The summed E-state index contributed by atoms with van der Waals surface area (Å²) < 4.78 is 0.932. The molecule has 1 aliphatic heterocycles. The molecule has 1 amide bonds. The van der Waals surface area contributed by atoms with Crippen LogP contribution in [0.15, 0.2) is 53.0 Å². The number of anilines is 1. The zero-order valence-corrected chi connectivity index (χ0v) is 12.9. The molecule has 0 spiro atoms. The Kier molecular flexibility index (Phi) is 3.62. The monoisotopic (exact) mass is 329 g/mol. The van der Waals surface area contributed by atoms with Crippen LogP contribution in [-0.2, 0) is 6.42 Å². The van der Waals surface area contributed by atoms with Crippen LogP contribution in [0.2, 0.25) is 0 Å². The first kappa shape index (κ1) is 13.4. The van der Waals surface area contributed by atoms with Crippen molar-refractivity contribution in [2.45, 2.75) is 13.3 Å². The van der Waals surface area contributed by atoms with E-state index in [4.69, 9.17) is 0 Å². The molecule has 0 radical (unpaired) electrons. The van der Waals surface area contributed by atoms with Gasteiger partial charge in [0.1, 0.15) is 0 Å². The molecule has 2 aromatic rings. The Morgan fingerprint density at radius 1 is 1.20 bits per heavy atom. The zero-order valence-electron chi connectivity index (χ0n) is 11.3. The Morgan fingerprint density at radius 3 is 2.80 bits per heavy atom. The van der Waals surface area contributed by atoms with Crippen molar-refractivity contribution >= 4 is 27.5 Å². The van der Waals surface area contributed by atoms with E-state index in [0.717, 1.165) is 28.7 Å². The van der Waals surface area contributed by atoms with Gasteiger partial charge in [0.15, 0.2) is 0 Å². The fourth-order valence-electron chi connectivity index (χ4n) is 2.77. The number of rotatable bonds is 1. The Hall–Kier alpha value is -1.61. The van der Waals surface area contributed by atoms with Crippen molar-refractivity contribution in [1.82, 2.24) is 0 Å².